The van der Waals surface area contributed by atoms with Gasteiger partial charge in [0.05, 0.1) is 13.2 Å². The summed E-state index contributed by atoms with van der Waals surface area (Å²) < 4.78 is 5.32. The van der Waals surface area contributed by atoms with Crippen LogP contribution in [0.5, 0.6) is 0 Å². The lowest BCUT2D eigenvalue weighted by Crippen LogP contribution is -2.39. The number of hydrogen-bond acceptors (Lipinski definition) is 2. The van der Waals surface area contributed by atoms with Crippen molar-refractivity contribution in [2.24, 2.45) is 0 Å². The molecule has 0 atom stereocenters. The predicted octanol–water partition coefficient (Wildman–Crippen LogP) is 5.93. The summed E-state index contributed by atoms with van der Waals surface area (Å²) in [6, 6.07) is 29.6. The molecule has 0 unspecified atom stereocenters. The van der Waals surface area contributed by atoms with Crippen LogP contribution in [0.3, 0.4) is 0 Å². The van der Waals surface area contributed by atoms with E-state index in [1.54, 1.807) is 6.08 Å². The molecule has 0 aromatic heterocycles. The number of carbonyl (C=O) groups is 1. The zero-order valence-electron chi connectivity index (χ0n) is 18.5. The minimum Gasteiger partial charge on any atom is -0.378 e. The monoisotopic (exact) mass is 423 g/mol. The Labute approximate surface area is 190 Å². The van der Waals surface area contributed by atoms with Crippen molar-refractivity contribution in [3.8, 4) is 0 Å². The van der Waals surface area contributed by atoms with Gasteiger partial charge < -0.3 is 9.64 Å². The molecule has 4 rings (SSSR count). The van der Waals surface area contributed by atoms with E-state index in [1.165, 1.54) is 27.8 Å². The molecule has 32 heavy (non-hydrogen) atoms. The number of hydrogen-bond donors (Lipinski definition) is 0. The van der Waals surface area contributed by atoms with Crippen molar-refractivity contribution in [1.29, 1.82) is 0 Å². The quantitative estimate of drug-likeness (QED) is 0.363. The minimum atomic E-state index is 0.0413. The smallest absolute Gasteiger partial charge is 0.246 e. The fraction of sp³-hybridized carbons (Fsp3) is 0.207. The largest absolute Gasteiger partial charge is 0.378 e. The third kappa shape index (κ3) is 5.24. The summed E-state index contributed by atoms with van der Waals surface area (Å²) in [5.74, 6) is 0.0413. The molecule has 0 spiro atoms. The van der Waals surface area contributed by atoms with Gasteiger partial charge in [-0.15, -0.1) is 0 Å². The van der Waals surface area contributed by atoms with Crippen LogP contribution in [0.1, 0.15) is 35.6 Å². The number of rotatable bonds is 6. The van der Waals surface area contributed by atoms with Crippen LogP contribution < -0.4 is 0 Å². The Kier molecular flexibility index (Phi) is 7.31. The zero-order chi connectivity index (χ0) is 22.2. The van der Waals surface area contributed by atoms with Gasteiger partial charge in [0, 0.05) is 19.2 Å². The Bertz CT molecular complexity index is 1080. The summed E-state index contributed by atoms with van der Waals surface area (Å²) in [5.41, 5.74) is 7.21. The second-order valence-corrected chi connectivity index (χ2v) is 7.83. The second-order valence-electron chi connectivity index (χ2n) is 7.83. The summed E-state index contributed by atoms with van der Waals surface area (Å²) in [5, 5.41) is 0. The maximum absolute atomic E-state index is 12.4. The average molecular weight is 424 g/mol. The minimum absolute atomic E-state index is 0.0413. The van der Waals surface area contributed by atoms with Crippen molar-refractivity contribution in [1.82, 2.24) is 4.90 Å². The molecule has 0 aliphatic carbocycles. The third-order valence-electron chi connectivity index (χ3n) is 5.78. The van der Waals surface area contributed by atoms with Crippen LogP contribution in [0.4, 0.5) is 0 Å². The van der Waals surface area contributed by atoms with Crippen LogP contribution in [0.15, 0.2) is 91.0 Å². The molecule has 3 nitrogen and oxygen atoms in total. The van der Waals surface area contributed by atoms with Gasteiger partial charge in [0.15, 0.2) is 0 Å². The molecule has 0 saturated carbocycles. The van der Waals surface area contributed by atoms with E-state index in [0.29, 0.717) is 26.3 Å². The van der Waals surface area contributed by atoms with E-state index in [1.807, 2.05) is 11.0 Å². The van der Waals surface area contributed by atoms with Gasteiger partial charge in [0.25, 0.3) is 0 Å². The molecule has 1 fully saturated rings. The van der Waals surface area contributed by atoms with Crippen LogP contribution in [-0.2, 0) is 9.53 Å². The second kappa shape index (κ2) is 10.7. The van der Waals surface area contributed by atoms with E-state index in [9.17, 15) is 4.79 Å². The van der Waals surface area contributed by atoms with Crippen molar-refractivity contribution in [3.63, 3.8) is 0 Å². The van der Waals surface area contributed by atoms with E-state index >= 15 is 0 Å². The zero-order valence-corrected chi connectivity index (χ0v) is 18.5. The molecule has 1 saturated heterocycles. The van der Waals surface area contributed by atoms with Crippen LogP contribution in [0.25, 0.3) is 17.2 Å². The van der Waals surface area contributed by atoms with Crippen LogP contribution >= 0.6 is 0 Å². The molecule has 3 aromatic rings. The standard InChI is InChI=1S/C29H29NO2/c1-2-27(24-9-5-3-6-10-24)29(25-11-7-4-8-12-25)26-16-13-23(14-17-26)15-18-28(31)30-19-21-32-22-20-30/h3-18H,2,19-22H2,1H3. The Morgan fingerprint density at radius 1 is 0.812 bits per heavy atom. The molecule has 0 N–H and O–H groups in total. The summed E-state index contributed by atoms with van der Waals surface area (Å²) in [6.07, 6.45) is 4.49. The first-order valence-corrected chi connectivity index (χ1v) is 11.3. The summed E-state index contributed by atoms with van der Waals surface area (Å²) >= 11 is 0. The molecule has 3 aromatic carbocycles. The number of benzene rings is 3. The van der Waals surface area contributed by atoms with Gasteiger partial charge in [-0.05, 0) is 45.9 Å². The van der Waals surface area contributed by atoms with E-state index in [4.69, 9.17) is 4.74 Å². The Hall–Kier alpha value is -3.43. The van der Waals surface area contributed by atoms with Crippen molar-refractivity contribution >= 4 is 23.1 Å². The molecular weight excluding hydrogens is 394 g/mol. The number of morpholine rings is 1. The van der Waals surface area contributed by atoms with Gasteiger partial charge in [-0.25, -0.2) is 0 Å². The number of allylic oxidation sites excluding steroid dienone is 1. The Balaban J connectivity index is 1.65. The highest BCUT2D eigenvalue weighted by Crippen LogP contribution is 2.34. The van der Waals surface area contributed by atoms with E-state index in [-0.39, 0.29) is 5.91 Å². The van der Waals surface area contributed by atoms with Gasteiger partial charge in [-0.3, -0.25) is 4.79 Å². The van der Waals surface area contributed by atoms with Crippen LogP contribution in [0.2, 0.25) is 0 Å². The van der Waals surface area contributed by atoms with Crippen LogP contribution in [0, 0.1) is 0 Å². The number of amides is 1. The molecule has 1 aliphatic rings. The third-order valence-corrected chi connectivity index (χ3v) is 5.78. The van der Waals surface area contributed by atoms with Gasteiger partial charge in [0.1, 0.15) is 0 Å². The lowest BCUT2D eigenvalue weighted by molar-refractivity contribution is -0.129. The Morgan fingerprint density at radius 2 is 1.38 bits per heavy atom. The first kappa shape index (κ1) is 21.8. The highest BCUT2D eigenvalue weighted by molar-refractivity contribution is 5.98. The van der Waals surface area contributed by atoms with Crippen LogP contribution in [-0.4, -0.2) is 37.1 Å². The lowest BCUT2D eigenvalue weighted by atomic mass is 9.88. The van der Waals surface area contributed by atoms with Crippen molar-refractivity contribution < 1.29 is 9.53 Å². The topological polar surface area (TPSA) is 29.5 Å². The van der Waals surface area contributed by atoms with Crippen molar-refractivity contribution in [2.45, 2.75) is 13.3 Å². The fourth-order valence-corrected chi connectivity index (χ4v) is 4.10. The number of ether oxygens (including phenoxy) is 1. The van der Waals surface area contributed by atoms with Gasteiger partial charge >= 0.3 is 0 Å². The molecule has 1 aliphatic heterocycles. The van der Waals surface area contributed by atoms with E-state index in [2.05, 4.69) is 91.9 Å². The van der Waals surface area contributed by atoms with E-state index in [0.717, 1.165) is 12.0 Å². The number of nitrogens with zero attached hydrogens (tertiary/aromatic N) is 1. The lowest BCUT2D eigenvalue weighted by Gasteiger charge is -2.25. The van der Waals surface area contributed by atoms with Crippen molar-refractivity contribution in [3.05, 3.63) is 113 Å². The van der Waals surface area contributed by atoms with Gasteiger partial charge in [0.2, 0.25) is 5.91 Å². The van der Waals surface area contributed by atoms with Gasteiger partial charge in [-0.2, -0.15) is 0 Å². The number of carbonyl (C=O) groups excluding carboxylic acids is 1. The fourth-order valence-electron chi connectivity index (χ4n) is 4.10. The normalized spacial score (nSPS) is 15.0. The van der Waals surface area contributed by atoms with Crippen molar-refractivity contribution in [2.75, 3.05) is 26.3 Å². The molecule has 162 valence electrons. The predicted molar refractivity (Wildman–Crippen MR) is 132 cm³/mol. The van der Waals surface area contributed by atoms with Gasteiger partial charge in [-0.1, -0.05) is 91.9 Å². The average Bonchev–Trinajstić information content (AvgIpc) is 2.88. The maximum atomic E-state index is 12.4. The SMILES string of the molecule is CCC(=C(c1ccccc1)c1ccc(C=CC(=O)N2CCOCC2)cc1)c1ccccc1. The summed E-state index contributed by atoms with van der Waals surface area (Å²) in [6.45, 7) is 4.76. The highest BCUT2D eigenvalue weighted by Gasteiger charge is 2.15. The molecule has 0 bridgehead atoms. The van der Waals surface area contributed by atoms with E-state index < -0.39 is 0 Å². The Morgan fingerprint density at radius 3 is 1.97 bits per heavy atom. The first-order valence-electron chi connectivity index (χ1n) is 11.3. The first-order chi connectivity index (χ1) is 15.8. The highest BCUT2D eigenvalue weighted by atomic mass is 16.5. The molecule has 1 amide bonds. The molecular formula is C29H29NO2. The summed E-state index contributed by atoms with van der Waals surface area (Å²) in [7, 11) is 0. The summed E-state index contributed by atoms with van der Waals surface area (Å²) in [4.78, 5) is 14.2. The molecule has 3 heteroatoms. The molecule has 1 heterocycles. The molecule has 0 radical (unpaired) electrons. The maximum Gasteiger partial charge on any atom is 0.246 e.